The highest BCUT2D eigenvalue weighted by molar-refractivity contribution is 8.00. The van der Waals surface area contributed by atoms with E-state index < -0.39 is 0 Å². The fourth-order valence-corrected chi connectivity index (χ4v) is 4.34. The highest BCUT2D eigenvalue weighted by Crippen LogP contribution is 2.44. The highest BCUT2D eigenvalue weighted by Gasteiger charge is 2.35. The van der Waals surface area contributed by atoms with E-state index in [1.807, 2.05) is 23.9 Å². The Labute approximate surface area is 127 Å². The Bertz CT molecular complexity index is 441. The van der Waals surface area contributed by atoms with Gasteiger partial charge in [0.2, 0.25) is 0 Å². The van der Waals surface area contributed by atoms with E-state index in [9.17, 15) is 0 Å². The van der Waals surface area contributed by atoms with E-state index in [0.29, 0.717) is 16.7 Å². The number of hydrogen-bond acceptors (Lipinski definition) is 3. The second kappa shape index (κ2) is 6.40. The number of rotatable bonds is 3. The first-order chi connectivity index (χ1) is 9.41. The zero-order valence-electron chi connectivity index (χ0n) is 13.1. The third kappa shape index (κ3) is 3.70. The summed E-state index contributed by atoms with van der Waals surface area (Å²) >= 11 is 1.89. The number of hydrogen-bond donors (Lipinski definition) is 1. The van der Waals surface area contributed by atoms with Gasteiger partial charge in [0, 0.05) is 16.2 Å². The average molecular weight is 293 g/mol. The fraction of sp³-hybridized carbons (Fsp3) is 0.647. The van der Waals surface area contributed by atoms with Crippen molar-refractivity contribution in [3.8, 4) is 5.75 Å². The summed E-state index contributed by atoms with van der Waals surface area (Å²) in [7, 11) is 1.73. The Hall–Kier alpha value is -0.670. The molecular formula is C17H27NOS. The molecule has 1 fully saturated rings. The van der Waals surface area contributed by atoms with Crippen LogP contribution in [0, 0.1) is 11.3 Å². The topological polar surface area (TPSA) is 35.2 Å². The van der Waals surface area contributed by atoms with Gasteiger partial charge in [-0.1, -0.05) is 32.9 Å². The van der Waals surface area contributed by atoms with Crippen LogP contribution in [0.25, 0.3) is 0 Å². The zero-order chi connectivity index (χ0) is 14.8. The number of nitrogens with two attached hydrogens (primary N) is 1. The van der Waals surface area contributed by atoms with Gasteiger partial charge in [0.15, 0.2) is 0 Å². The lowest BCUT2D eigenvalue weighted by atomic mass is 9.71. The van der Waals surface area contributed by atoms with Gasteiger partial charge in [-0.3, -0.25) is 0 Å². The van der Waals surface area contributed by atoms with Crippen LogP contribution in [0.2, 0.25) is 0 Å². The van der Waals surface area contributed by atoms with Crippen molar-refractivity contribution in [2.45, 2.75) is 56.2 Å². The van der Waals surface area contributed by atoms with Gasteiger partial charge in [0.05, 0.1) is 7.11 Å². The van der Waals surface area contributed by atoms with Gasteiger partial charge >= 0.3 is 0 Å². The Kier molecular flexibility index (Phi) is 5.03. The predicted octanol–water partition coefficient (Wildman–Crippen LogP) is 4.33. The van der Waals surface area contributed by atoms with E-state index in [1.165, 1.54) is 17.7 Å². The lowest BCUT2D eigenvalue weighted by molar-refractivity contribution is 0.174. The van der Waals surface area contributed by atoms with Crippen LogP contribution in [0.5, 0.6) is 5.75 Å². The number of ether oxygens (including phenoxy) is 1. The summed E-state index contributed by atoms with van der Waals surface area (Å²) in [5.74, 6) is 1.72. The molecule has 1 aliphatic carbocycles. The summed E-state index contributed by atoms with van der Waals surface area (Å²) in [5.41, 5.74) is 6.74. The summed E-state index contributed by atoms with van der Waals surface area (Å²) in [6.07, 6.45) is 3.59. The van der Waals surface area contributed by atoms with Crippen LogP contribution in [0.3, 0.4) is 0 Å². The van der Waals surface area contributed by atoms with Gasteiger partial charge in [0.25, 0.3) is 0 Å². The van der Waals surface area contributed by atoms with Crippen LogP contribution in [0.15, 0.2) is 29.2 Å². The Morgan fingerprint density at radius 2 is 1.90 bits per heavy atom. The first kappa shape index (κ1) is 15.7. The molecule has 3 atom stereocenters. The Balaban J connectivity index is 2.10. The molecule has 0 aromatic heterocycles. The minimum Gasteiger partial charge on any atom is -0.496 e. The number of para-hydroxylation sites is 1. The van der Waals surface area contributed by atoms with Crippen molar-refractivity contribution in [3.05, 3.63) is 24.3 Å². The van der Waals surface area contributed by atoms with E-state index in [2.05, 4.69) is 32.9 Å². The van der Waals surface area contributed by atoms with Crippen molar-refractivity contribution < 1.29 is 4.74 Å². The lowest BCUT2D eigenvalue weighted by Crippen LogP contribution is -2.41. The van der Waals surface area contributed by atoms with Gasteiger partial charge in [-0.2, -0.15) is 0 Å². The zero-order valence-corrected chi connectivity index (χ0v) is 13.9. The third-order valence-corrected chi connectivity index (χ3v) is 5.85. The van der Waals surface area contributed by atoms with Crippen molar-refractivity contribution in [2.24, 2.45) is 17.1 Å². The molecule has 112 valence electrons. The van der Waals surface area contributed by atoms with E-state index in [-0.39, 0.29) is 0 Å². The van der Waals surface area contributed by atoms with E-state index in [0.717, 1.165) is 18.1 Å². The number of methoxy groups -OCH3 is 1. The van der Waals surface area contributed by atoms with Crippen LogP contribution in [0.4, 0.5) is 0 Å². The summed E-state index contributed by atoms with van der Waals surface area (Å²) in [6.45, 7) is 7.04. The first-order valence-electron chi connectivity index (χ1n) is 7.47. The molecule has 0 radical (unpaired) electrons. The molecule has 20 heavy (non-hydrogen) atoms. The average Bonchev–Trinajstić information content (AvgIpc) is 2.40. The van der Waals surface area contributed by atoms with Gasteiger partial charge in [-0.25, -0.2) is 0 Å². The number of thioether (sulfide) groups is 1. The standard InChI is InChI=1S/C17H27NOS/c1-17(2,3)12-9-10-13(18)16(11-12)20-15-8-6-5-7-14(15)19-4/h5-8,12-13,16H,9-11,18H2,1-4H3. The molecular weight excluding hydrogens is 266 g/mol. The normalized spacial score (nSPS) is 27.4. The molecule has 1 saturated carbocycles. The molecule has 0 aliphatic heterocycles. The minimum absolute atomic E-state index is 0.295. The lowest BCUT2D eigenvalue weighted by Gasteiger charge is -2.40. The summed E-state index contributed by atoms with van der Waals surface area (Å²) < 4.78 is 5.45. The molecule has 3 unspecified atom stereocenters. The van der Waals surface area contributed by atoms with Crippen molar-refractivity contribution in [3.63, 3.8) is 0 Å². The molecule has 0 spiro atoms. The van der Waals surface area contributed by atoms with Crippen LogP contribution in [0.1, 0.15) is 40.0 Å². The van der Waals surface area contributed by atoms with Crippen LogP contribution in [-0.2, 0) is 0 Å². The molecule has 1 aromatic rings. The smallest absolute Gasteiger partial charge is 0.132 e. The van der Waals surface area contributed by atoms with Crippen LogP contribution in [-0.4, -0.2) is 18.4 Å². The fourth-order valence-electron chi connectivity index (χ4n) is 2.95. The van der Waals surface area contributed by atoms with Gasteiger partial charge in [0.1, 0.15) is 5.75 Å². The second-order valence-electron chi connectivity index (χ2n) is 6.85. The van der Waals surface area contributed by atoms with Crippen molar-refractivity contribution in [2.75, 3.05) is 7.11 Å². The van der Waals surface area contributed by atoms with E-state index >= 15 is 0 Å². The van der Waals surface area contributed by atoms with E-state index in [1.54, 1.807) is 7.11 Å². The van der Waals surface area contributed by atoms with E-state index in [4.69, 9.17) is 10.5 Å². The van der Waals surface area contributed by atoms with Crippen molar-refractivity contribution in [1.29, 1.82) is 0 Å². The Morgan fingerprint density at radius 3 is 2.55 bits per heavy atom. The van der Waals surface area contributed by atoms with Crippen molar-refractivity contribution in [1.82, 2.24) is 0 Å². The molecule has 2 N–H and O–H groups in total. The summed E-state index contributed by atoms with van der Waals surface area (Å²) in [4.78, 5) is 1.21. The summed E-state index contributed by atoms with van der Waals surface area (Å²) in [6, 6.07) is 8.54. The molecule has 2 nitrogen and oxygen atoms in total. The maximum Gasteiger partial charge on any atom is 0.132 e. The van der Waals surface area contributed by atoms with Gasteiger partial charge in [-0.05, 0) is 42.7 Å². The highest BCUT2D eigenvalue weighted by atomic mass is 32.2. The summed E-state index contributed by atoms with van der Waals surface area (Å²) in [5, 5.41) is 0.490. The van der Waals surface area contributed by atoms with Gasteiger partial charge < -0.3 is 10.5 Å². The Morgan fingerprint density at radius 1 is 1.20 bits per heavy atom. The first-order valence-corrected chi connectivity index (χ1v) is 8.35. The predicted molar refractivity (Wildman–Crippen MR) is 87.4 cm³/mol. The van der Waals surface area contributed by atoms with Crippen LogP contribution >= 0.6 is 11.8 Å². The molecule has 0 amide bonds. The molecule has 0 bridgehead atoms. The monoisotopic (exact) mass is 293 g/mol. The third-order valence-electron chi connectivity index (χ3n) is 4.41. The molecule has 2 rings (SSSR count). The molecule has 1 aromatic carbocycles. The molecule has 0 heterocycles. The largest absolute Gasteiger partial charge is 0.496 e. The quantitative estimate of drug-likeness (QED) is 0.901. The second-order valence-corrected chi connectivity index (χ2v) is 8.13. The molecule has 1 aliphatic rings. The molecule has 0 saturated heterocycles. The maximum atomic E-state index is 6.36. The minimum atomic E-state index is 0.295. The van der Waals surface area contributed by atoms with Gasteiger partial charge in [-0.15, -0.1) is 11.8 Å². The number of benzene rings is 1. The SMILES string of the molecule is COc1ccccc1SC1CC(C(C)(C)C)CCC1N. The maximum absolute atomic E-state index is 6.36. The van der Waals surface area contributed by atoms with Crippen molar-refractivity contribution >= 4 is 11.8 Å². The van der Waals surface area contributed by atoms with Crippen LogP contribution < -0.4 is 10.5 Å². The molecule has 3 heteroatoms.